The van der Waals surface area contributed by atoms with E-state index in [1.54, 1.807) is 6.42 Å². The van der Waals surface area contributed by atoms with Crippen molar-refractivity contribution in [2.45, 2.75) is 39.0 Å². The van der Waals surface area contributed by atoms with Crippen molar-refractivity contribution in [1.29, 1.82) is 0 Å². The molecule has 0 aromatic rings. The minimum Gasteiger partial charge on any atom is -0.306 e. The lowest BCUT2D eigenvalue weighted by atomic mass is 9.90. The zero-order valence-corrected chi connectivity index (χ0v) is 9.13. The Kier molecular flexibility index (Phi) is 2.92. The molecule has 1 aliphatic heterocycles. The molecule has 1 saturated carbocycles. The molecule has 76 valence electrons. The fourth-order valence-corrected chi connectivity index (χ4v) is 3.01. The predicted molar refractivity (Wildman–Crippen MR) is 56.7 cm³/mol. The summed E-state index contributed by atoms with van der Waals surface area (Å²) < 4.78 is 0. The minimum atomic E-state index is 1.09. The van der Waals surface area contributed by atoms with Crippen LogP contribution in [0.25, 0.3) is 0 Å². The van der Waals surface area contributed by atoms with Crippen LogP contribution in [-0.4, -0.2) is 25.0 Å². The van der Waals surface area contributed by atoms with E-state index in [1.807, 2.05) is 0 Å². The number of likely N-dealkylation sites (tertiary alicyclic amines) is 1. The first-order valence-corrected chi connectivity index (χ1v) is 5.99. The van der Waals surface area contributed by atoms with Gasteiger partial charge in [0.15, 0.2) is 0 Å². The van der Waals surface area contributed by atoms with Gasteiger partial charge in [0, 0.05) is 0 Å². The molecule has 1 saturated heterocycles. The van der Waals surface area contributed by atoms with E-state index in [0.717, 1.165) is 17.8 Å². The molecule has 0 bridgehead atoms. The molecule has 13 heavy (non-hydrogen) atoms. The van der Waals surface area contributed by atoms with Crippen LogP contribution >= 0.6 is 0 Å². The van der Waals surface area contributed by atoms with Crippen LogP contribution in [0.3, 0.4) is 0 Å². The summed E-state index contributed by atoms with van der Waals surface area (Å²) in [5.74, 6) is 3.35. The number of nitrogens with zero attached hydrogens (tertiary/aromatic N) is 1. The van der Waals surface area contributed by atoms with Gasteiger partial charge in [0.25, 0.3) is 0 Å². The maximum atomic E-state index is 2.48. The molecular weight excluding hydrogens is 158 g/mol. The Bertz CT molecular complexity index is 159. The molecule has 0 radical (unpaired) electrons. The van der Waals surface area contributed by atoms with Crippen molar-refractivity contribution in [3.63, 3.8) is 0 Å². The van der Waals surface area contributed by atoms with Crippen LogP contribution in [0.5, 0.6) is 0 Å². The molecule has 0 aromatic heterocycles. The fraction of sp³-hybridized carbons (Fsp3) is 1.00. The van der Waals surface area contributed by atoms with Crippen LogP contribution < -0.4 is 0 Å². The summed E-state index contributed by atoms with van der Waals surface area (Å²) in [7, 11) is 2.26. The molecule has 0 aromatic carbocycles. The van der Waals surface area contributed by atoms with E-state index in [-0.39, 0.29) is 0 Å². The molecule has 1 nitrogen and oxygen atoms in total. The third-order valence-electron chi connectivity index (χ3n) is 4.01. The van der Waals surface area contributed by atoms with E-state index >= 15 is 0 Å². The first kappa shape index (κ1) is 9.51. The van der Waals surface area contributed by atoms with Gasteiger partial charge in [-0.3, -0.25) is 0 Å². The van der Waals surface area contributed by atoms with Crippen LogP contribution in [0.4, 0.5) is 0 Å². The van der Waals surface area contributed by atoms with Crippen LogP contribution in [0.15, 0.2) is 0 Å². The van der Waals surface area contributed by atoms with E-state index in [0.29, 0.717) is 0 Å². The normalized spacial score (nSPS) is 36.5. The van der Waals surface area contributed by atoms with Gasteiger partial charge in [-0.1, -0.05) is 19.8 Å². The molecule has 0 amide bonds. The van der Waals surface area contributed by atoms with Gasteiger partial charge in [0.1, 0.15) is 0 Å². The summed E-state index contributed by atoms with van der Waals surface area (Å²) >= 11 is 0. The lowest BCUT2D eigenvalue weighted by Gasteiger charge is -2.29. The van der Waals surface area contributed by atoms with E-state index in [1.165, 1.54) is 38.8 Å². The first-order valence-electron chi connectivity index (χ1n) is 5.99. The van der Waals surface area contributed by atoms with Gasteiger partial charge >= 0.3 is 0 Å². The van der Waals surface area contributed by atoms with Crippen LogP contribution in [-0.2, 0) is 0 Å². The van der Waals surface area contributed by atoms with Crippen molar-refractivity contribution < 1.29 is 0 Å². The highest BCUT2D eigenvalue weighted by Crippen LogP contribution is 2.50. The molecular formula is C12H23N. The average molecular weight is 181 g/mol. The topological polar surface area (TPSA) is 3.24 Å². The van der Waals surface area contributed by atoms with E-state index in [4.69, 9.17) is 0 Å². The number of piperidine rings is 1. The molecule has 1 heterocycles. The highest BCUT2D eigenvalue weighted by atomic mass is 15.1. The van der Waals surface area contributed by atoms with Crippen molar-refractivity contribution in [3.8, 4) is 0 Å². The van der Waals surface area contributed by atoms with Crippen molar-refractivity contribution >= 4 is 0 Å². The van der Waals surface area contributed by atoms with Crippen LogP contribution in [0.1, 0.15) is 39.0 Å². The summed E-state index contributed by atoms with van der Waals surface area (Å²) in [6.07, 6.45) is 7.40. The average Bonchev–Trinajstić information content (AvgIpc) is 2.86. The van der Waals surface area contributed by atoms with Crippen molar-refractivity contribution in [3.05, 3.63) is 0 Å². The molecule has 2 atom stereocenters. The maximum absolute atomic E-state index is 2.48. The molecule has 0 N–H and O–H groups in total. The monoisotopic (exact) mass is 181 g/mol. The Morgan fingerprint density at radius 3 is 2.54 bits per heavy atom. The standard InChI is InChI=1S/C12H23N/c1-3-4-11-9-12(11)10-5-7-13(2)8-6-10/h10-12H,3-9H2,1-2H3. The Labute approximate surface area is 82.5 Å². The molecule has 1 heteroatoms. The SMILES string of the molecule is CCCC1CC1C1CCN(C)CC1. The largest absolute Gasteiger partial charge is 0.306 e. The molecule has 2 fully saturated rings. The molecule has 1 aliphatic carbocycles. The van der Waals surface area contributed by atoms with Gasteiger partial charge in [-0.25, -0.2) is 0 Å². The van der Waals surface area contributed by atoms with Gasteiger partial charge in [0.05, 0.1) is 0 Å². The highest BCUT2D eigenvalue weighted by Gasteiger charge is 2.42. The maximum Gasteiger partial charge on any atom is -0.00190 e. The summed E-state index contributed by atoms with van der Waals surface area (Å²) in [5.41, 5.74) is 0. The second-order valence-corrected chi connectivity index (χ2v) is 5.09. The number of hydrogen-bond donors (Lipinski definition) is 0. The van der Waals surface area contributed by atoms with Gasteiger partial charge in [-0.15, -0.1) is 0 Å². The third-order valence-corrected chi connectivity index (χ3v) is 4.01. The Morgan fingerprint density at radius 2 is 1.92 bits per heavy atom. The van der Waals surface area contributed by atoms with Crippen LogP contribution in [0, 0.1) is 17.8 Å². The molecule has 2 unspecified atom stereocenters. The fourth-order valence-electron chi connectivity index (χ4n) is 3.01. The van der Waals surface area contributed by atoms with E-state index in [9.17, 15) is 0 Å². The summed E-state index contributed by atoms with van der Waals surface area (Å²) in [6, 6.07) is 0. The summed E-state index contributed by atoms with van der Waals surface area (Å²) in [5, 5.41) is 0. The second kappa shape index (κ2) is 4.00. The Balaban J connectivity index is 1.71. The van der Waals surface area contributed by atoms with Crippen molar-refractivity contribution in [2.75, 3.05) is 20.1 Å². The zero-order valence-electron chi connectivity index (χ0n) is 9.13. The lowest BCUT2D eigenvalue weighted by molar-refractivity contribution is 0.198. The smallest absolute Gasteiger partial charge is 0.00190 e. The van der Waals surface area contributed by atoms with E-state index < -0.39 is 0 Å². The summed E-state index contributed by atoms with van der Waals surface area (Å²) in [6.45, 7) is 5.02. The minimum absolute atomic E-state index is 1.09. The van der Waals surface area contributed by atoms with Crippen molar-refractivity contribution in [1.82, 2.24) is 4.90 Å². The van der Waals surface area contributed by atoms with Gasteiger partial charge < -0.3 is 4.90 Å². The molecule has 0 spiro atoms. The zero-order chi connectivity index (χ0) is 9.26. The van der Waals surface area contributed by atoms with Crippen LogP contribution in [0.2, 0.25) is 0 Å². The lowest BCUT2D eigenvalue weighted by Crippen LogP contribution is -2.31. The van der Waals surface area contributed by atoms with Gasteiger partial charge in [-0.2, -0.15) is 0 Å². The Hall–Kier alpha value is -0.0400. The predicted octanol–water partition coefficient (Wildman–Crippen LogP) is 2.76. The van der Waals surface area contributed by atoms with Crippen molar-refractivity contribution in [2.24, 2.45) is 17.8 Å². The third kappa shape index (κ3) is 2.25. The second-order valence-electron chi connectivity index (χ2n) is 5.09. The molecule has 2 rings (SSSR count). The van der Waals surface area contributed by atoms with Gasteiger partial charge in [-0.05, 0) is 57.2 Å². The van der Waals surface area contributed by atoms with E-state index in [2.05, 4.69) is 18.9 Å². The number of hydrogen-bond acceptors (Lipinski definition) is 1. The quantitative estimate of drug-likeness (QED) is 0.647. The Morgan fingerprint density at radius 1 is 1.23 bits per heavy atom. The van der Waals surface area contributed by atoms with Gasteiger partial charge in [0.2, 0.25) is 0 Å². The molecule has 2 aliphatic rings. The number of rotatable bonds is 3. The summed E-state index contributed by atoms with van der Waals surface area (Å²) in [4.78, 5) is 2.48. The first-order chi connectivity index (χ1) is 6.31. The highest BCUT2D eigenvalue weighted by molar-refractivity contribution is 4.92.